The molecule has 0 bridgehead atoms. The molecule has 0 aliphatic heterocycles. The summed E-state index contributed by atoms with van der Waals surface area (Å²) in [4.78, 5) is 21.3. The molecule has 0 atom stereocenters. The lowest BCUT2D eigenvalue weighted by Gasteiger charge is -2.07. The predicted octanol–water partition coefficient (Wildman–Crippen LogP) is -0.0867. The van der Waals surface area contributed by atoms with Crippen molar-refractivity contribution in [3.8, 4) is 0 Å². The van der Waals surface area contributed by atoms with E-state index in [1.54, 1.807) is 0 Å². The highest BCUT2D eigenvalue weighted by Crippen LogP contribution is 2.18. The Bertz CT molecular complexity index is 606. The average molecular weight is 270 g/mol. The van der Waals surface area contributed by atoms with Gasteiger partial charge < -0.3 is 10.4 Å². The number of primary sulfonamides is 1. The van der Waals surface area contributed by atoms with E-state index in [0.717, 1.165) is 6.08 Å². The second kappa shape index (κ2) is 5.43. The van der Waals surface area contributed by atoms with Crippen LogP contribution in [0.15, 0.2) is 41.3 Å². The number of sulfonamides is 1. The first-order valence-corrected chi connectivity index (χ1v) is 6.19. The van der Waals surface area contributed by atoms with Gasteiger partial charge in [0.2, 0.25) is 15.9 Å². The Morgan fingerprint density at radius 3 is 2.39 bits per heavy atom. The standard InChI is InChI=1S/C10H10N2O5S/c11-18(16,17)8-4-2-1-3-7(8)12-9(13)5-6-10(14)15/h1-6H,(H,12,13)(H,14,15)(H2,11,16,17)/b6-5+. The molecule has 0 saturated heterocycles. The second-order valence-electron chi connectivity index (χ2n) is 3.20. The molecule has 96 valence electrons. The van der Waals surface area contributed by atoms with Crippen molar-refractivity contribution in [2.24, 2.45) is 5.14 Å². The van der Waals surface area contributed by atoms with Crippen LogP contribution in [0.2, 0.25) is 0 Å². The fourth-order valence-corrected chi connectivity index (χ4v) is 1.83. The summed E-state index contributed by atoms with van der Waals surface area (Å²) in [5.41, 5.74) is -0.0139. The van der Waals surface area contributed by atoms with E-state index in [9.17, 15) is 18.0 Å². The second-order valence-corrected chi connectivity index (χ2v) is 4.73. The van der Waals surface area contributed by atoms with Crippen molar-refractivity contribution >= 4 is 27.6 Å². The third-order valence-corrected chi connectivity index (χ3v) is 2.80. The molecule has 7 nitrogen and oxygen atoms in total. The van der Waals surface area contributed by atoms with Crippen LogP contribution in [0.5, 0.6) is 0 Å². The number of benzene rings is 1. The van der Waals surface area contributed by atoms with Crippen LogP contribution in [-0.2, 0) is 19.6 Å². The van der Waals surface area contributed by atoms with E-state index < -0.39 is 21.9 Å². The van der Waals surface area contributed by atoms with E-state index in [4.69, 9.17) is 10.2 Å². The minimum Gasteiger partial charge on any atom is -0.478 e. The van der Waals surface area contributed by atoms with Gasteiger partial charge in [-0.1, -0.05) is 12.1 Å². The lowest BCUT2D eigenvalue weighted by atomic mass is 10.3. The van der Waals surface area contributed by atoms with Gasteiger partial charge >= 0.3 is 5.97 Å². The number of carboxylic acids is 1. The molecule has 0 unspecified atom stereocenters. The van der Waals surface area contributed by atoms with E-state index in [0.29, 0.717) is 6.08 Å². The Morgan fingerprint density at radius 1 is 1.22 bits per heavy atom. The number of carbonyl (C=O) groups is 2. The van der Waals surface area contributed by atoms with Crippen molar-refractivity contribution in [3.05, 3.63) is 36.4 Å². The Morgan fingerprint density at radius 2 is 1.83 bits per heavy atom. The number of rotatable bonds is 4. The van der Waals surface area contributed by atoms with Crippen LogP contribution in [0.25, 0.3) is 0 Å². The molecule has 1 rings (SSSR count). The zero-order valence-corrected chi connectivity index (χ0v) is 9.85. The summed E-state index contributed by atoms with van der Waals surface area (Å²) >= 11 is 0. The SMILES string of the molecule is NS(=O)(=O)c1ccccc1NC(=O)/C=C/C(=O)O. The van der Waals surface area contributed by atoms with Crippen LogP contribution < -0.4 is 10.5 Å². The van der Waals surface area contributed by atoms with Crippen LogP contribution >= 0.6 is 0 Å². The van der Waals surface area contributed by atoms with E-state index in [2.05, 4.69) is 5.32 Å². The molecule has 18 heavy (non-hydrogen) atoms. The van der Waals surface area contributed by atoms with Crippen molar-refractivity contribution in [1.29, 1.82) is 0 Å². The van der Waals surface area contributed by atoms with Gasteiger partial charge in [-0.2, -0.15) is 0 Å². The summed E-state index contributed by atoms with van der Waals surface area (Å²) in [6, 6.07) is 5.52. The minimum absolute atomic E-state index is 0.0139. The molecule has 0 aromatic heterocycles. The van der Waals surface area contributed by atoms with Gasteiger partial charge in [-0.05, 0) is 12.1 Å². The fourth-order valence-electron chi connectivity index (χ4n) is 1.14. The Balaban J connectivity index is 2.99. The molecular weight excluding hydrogens is 260 g/mol. The molecule has 8 heteroatoms. The molecule has 1 amide bonds. The van der Waals surface area contributed by atoms with Crippen LogP contribution in [0.3, 0.4) is 0 Å². The molecule has 0 radical (unpaired) electrons. The maximum atomic E-state index is 11.3. The zero-order chi connectivity index (χ0) is 13.8. The maximum Gasteiger partial charge on any atom is 0.328 e. The van der Waals surface area contributed by atoms with Crippen LogP contribution in [0.1, 0.15) is 0 Å². The maximum absolute atomic E-state index is 11.3. The van der Waals surface area contributed by atoms with E-state index in [1.165, 1.54) is 24.3 Å². The van der Waals surface area contributed by atoms with Crippen molar-refractivity contribution in [3.63, 3.8) is 0 Å². The van der Waals surface area contributed by atoms with Crippen LogP contribution in [-0.4, -0.2) is 25.4 Å². The van der Waals surface area contributed by atoms with Crippen molar-refractivity contribution in [2.75, 3.05) is 5.32 Å². The van der Waals surface area contributed by atoms with Gasteiger partial charge in [0.05, 0.1) is 5.69 Å². The number of nitrogens with two attached hydrogens (primary N) is 1. The molecule has 0 fully saturated rings. The molecular formula is C10H10N2O5S. The fraction of sp³-hybridized carbons (Fsp3) is 0. The first-order chi connectivity index (χ1) is 8.30. The van der Waals surface area contributed by atoms with Crippen LogP contribution in [0, 0.1) is 0 Å². The number of nitrogens with one attached hydrogen (secondary N) is 1. The average Bonchev–Trinajstić information content (AvgIpc) is 2.25. The van der Waals surface area contributed by atoms with Gasteiger partial charge in [0.15, 0.2) is 0 Å². The molecule has 0 saturated carbocycles. The van der Waals surface area contributed by atoms with Gasteiger partial charge in [-0.3, -0.25) is 4.79 Å². The number of hydrogen-bond acceptors (Lipinski definition) is 4. The summed E-state index contributed by atoms with van der Waals surface area (Å²) in [6.07, 6.45) is 1.40. The highest BCUT2D eigenvalue weighted by molar-refractivity contribution is 7.89. The molecule has 0 aliphatic carbocycles. The van der Waals surface area contributed by atoms with Gasteiger partial charge in [-0.15, -0.1) is 0 Å². The number of para-hydroxylation sites is 1. The lowest BCUT2D eigenvalue weighted by Crippen LogP contribution is -2.17. The summed E-state index contributed by atoms with van der Waals surface area (Å²) in [6.45, 7) is 0. The largest absolute Gasteiger partial charge is 0.478 e. The molecule has 0 aliphatic rings. The van der Waals surface area contributed by atoms with E-state index in [-0.39, 0.29) is 10.6 Å². The smallest absolute Gasteiger partial charge is 0.328 e. The number of amides is 1. The van der Waals surface area contributed by atoms with Crippen molar-refractivity contribution in [1.82, 2.24) is 0 Å². The lowest BCUT2D eigenvalue weighted by molar-refractivity contribution is -0.131. The first kappa shape index (κ1) is 13.9. The number of anilines is 1. The van der Waals surface area contributed by atoms with Crippen molar-refractivity contribution in [2.45, 2.75) is 4.90 Å². The van der Waals surface area contributed by atoms with Gasteiger partial charge in [-0.25, -0.2) is 18.4 Å². The third kappa shape index (κ3) is 4.00. The number of aliphatic carboxylic acids is 1. The molecule has 1 aromatic rings. The number of hydrogen-bond donors (Lipinski definition) is 3. The van der Waals surface area contributed by atoms with Crippen molar-refractivity contribution < 1.29 is 23.1 Å². The number of carboxylic acid groups (broad SMARTS) is 1. The highest BCUT2D eigenvalue weighted by Gasteiger charge is 2.14. The molecule has 1 aromatic carbocycles. The van der Waals surface area contributed by atoms with Gasteiger partial charge in [0.25, 0.3) is 0 Å². The zero-order valence-electron chi connectivity index (χ0n) is 9.03. The quantitative estimate of drug-likeness (QED) is 0.659. The Kier molecular flexibility index (Phi) is 4.18. The monoisotopic (exact) mass is 270 g/mol. The predicted molar refractivity (Wildman–Crippen MR) is 63.2 cm³/mol. The summed E-state index contributed by atoms with van der Waals surface area (Å²) in [5, 5.41) is 15.5. The summed E-state index contributed by atoms with van der Waals surface area (Å²) < 4.78 is 22.4. The highest BCUT2D eigenvalue weighted by atomic mass is 32.2. The topological polar surface area (TPSA) is 127 Å². The Hall–Kier alpha value is -2.19. The van der Waals surface area contributed by atoms with E-state index >= 15 is 0 Å². The normalized spacial score (nSPS) is 11.4. The summed E-state index contributed by atoms with van der Waals surface area (Å²) in [7, 11) is -3.97. The van der Waals surface area contributed by atoms with Gasteiger partial charge in [0.1, 0.15) is 4.90 Å². The first-order valence-electron chi connectivity index (χ1n) is 4.64. The number of carbonyl (C=O) groups excluding carboxylic acids is 1. The Labute approximate surface area is 103 Å². The van der Waals surface area contributed by atoms with Crippen LogP contribution in [0.4, 0.5) is 5.69 Å². The third-order valence-electron chi connectivity index (χ3n) is 1.83. The molecule has 4 N–H and O–H groups in total. The van der Waals surface area contributed by atoms with E-state index in [1.807, 2.05) is 0 Å². The molecule has 0 spiro atoms. The van der Waals surface area contributed by atoms with Gasteiger partial charge in [0, 0.05) is 12.2 Å². The summed E-state index contributed by atoms with van der Waals surface area (Å²) in [5.74, 6) is -2.06. The molecule has 0 heterocycles. The minimum atomic E-state index is -3.97.